The van der Waals surface area contributed by atoms with Crippen molar-refractivity contribution in [3.63, 3.8) is 0 Å². The summed E-state index contributed by atoms with van der Waals surface area (Å²) in [5, 5.41) is 0. The zero-order chi connectivity index (χ0) is 22.3. The second kappa shape index (κ2) is 9.93. The molecule has 0 saturated carbocycles. The average Bonchev–Trinajstić information content (AvgIpc) is 2.85. The van der Waals surface area contributed by atoms with Crippen LogP contribution in [0.5, 0.6) is 0 Å². The van der Waals surface area contributed by atoms with Gasteiger partial charge in [-0.3, -0.25) is 4.79 Å². The molecule has 0 N–H and O–H groups in total. The van der Waals surface area contributed by atoms with Crippen LogP contribution < -0.4 is 4.90 Å². The van der Waals surface area contributed by atoms with Crippen LogP contribution in [-0.2, 0) is 6.42 Å². The smallest absolute Gasteiger partial charge is 0.150 e. The van der Waals surface area contributed by atoms with Crippen LogP contribution in [0.4, 0.5) is 17.1 Å². The molecule has 0 radical (unpaired) electrons. The molecule has 4 aromatic rings. The summed E-state index contributed by atoms with van der Waals surface area (Å²) in [6, 6.07) is 33.3. The lowest BCUT2D eigenvalue weighted by atomic mass is 10.0. The fraction of sp³-hybridized carbons (Fsp3) is 0.100. The first-order valence-corrected chi connectivity index (χ1v) is 11.0. The van der Waals surface area contributed by atoms with Crippen LogP contribution in [0.1, 0.15) is 39.5 Å². The fourth-order valence-corrected chi connectivity index (χ4v) is 3.92. The largest absolute Gasteiger partial charge is 0.310 e. The molecule has 32 heavy (non-hydrogen) atoms. The molecule has 158 valence electrons. The molecule has 2 heteroatoms. The van der Waals surface area contributed by atoms with E-state index in [-0.39, 0.29) is 0 Å². The van der Waals surface area contributed by atoms with Gasteiger partial charge in [0.1, 0.15) is 6.29 Å². The molecule has 0 bridgehead atoms. The van der Waals surface area contributed by atoms with Crippen molar-refractivity contribution in [2.45, 2.75) is 20.3 Å². The summed E-state index contributed by atoms with van der Waals surface area (Å²) < 4.78 is 0. The van der Waals surface area contributed by atoms with Gasteiger partial charge in [-0.15, -0.1) is 0 Å². The maximum Gasteiger partial charge on any atom is 0.150 e. The highest BCUT2D eigenvalue weighted by atomic mass is 16.1. The molecule has 0 aliphatic rings. The van der Waals surface area contributed by atoms with Crippen molar-refractivity contribution in [2.75, 3.05) is 4.90 Å². The number of aldehydes is 1. The minimum absolute atomic E-state index is 0.690. The normalized spacial score (nSPS) is 10.9. The van der Waals surface area contributed by atoms with Crippen LogP contribution in [0.3, 0.4) is 0 Å². The third-order valence-corrected chi connectivity index (χ3v) is 5.63. The van der Waals surface area contributed by atoms with E-state index in [0.29, 0.717) is 5.56 Å². The van der Waals surface area contributed by atoms with E-state index in [0.717, 1.165) is 35.2 Å². The van der Waals surface area contributed by atoms with Crippen molar-refractivity contribution >= 4 is 35.5 Å². The Morgan fingerprint density at radius 3 is 1.81 bits per heavy atom. The minimum Gasteiger partial charge on any atom is -0.310 e. The van der Waals surface area contributed by atoms with Gasteiger partial charge in [0.15, 0.2) is 0 Å². The van der Waals surface area contributed by atoms with Crippen molar-refractivity contribution in [1.29, 1.82) is 0 Å². The molecular formula is C30H27NO. The molecule has 4 rings (SSSR count). The molecule has 0 unspecified atom stereocenters. The summed E-state index contributed by atoms with van der Waals surface area (Å²) in [7, 11) is 0. The van der Waals surface area contributed by atoms with Gasteiger partial charge in [0.25, 0.3) is 0 Å². The number of nitrogens with zero attached hydrogens (tertiary/aromatic N) is 1. The van der Waals surface area contributed by atoms with E-state index in [9.17, 15) is 4.79 Å². The average molecular weight is 418 g/mol. The van der Waals surface area contributed by atoms with Gasteiger partial charge >= 0.3 is 0 Å². The third-order valence-electron chi connectivity index (χ3n) is 5.63. The number of hydrogen-bond donors (Lipinski definition) is 0. The maximum absolute atomic E-state index is 10.8. The highest BCUT2D eigenvalue weighted by Gasteiger charge is 2.17. The van der Waals surface area contributed by atoms with Gasteiger partial charge < -0.3 is 4.90 Å². The predicted octanol–water partition coefficient (Wildman–Crippen LogP) is 8.01. The molecule has 4 aromatic carbocycles. The Balaban J connectivity index is 1.68. The predicted molar refractivity (Wildman–Crippen MR) is 136 cm³/mol. The highest BCUT2D eigenvalue weighted by Crippen LogP contribution is 2.38. The van der Waals surface area contributed by atoms with E-state index in [1.165, 1.54) is 16.8 Å². The lowest BCUT2D eigenvalue weighted by Gasteiger charge is -2.29. The number of carbonyl (C=O) groups excluding carboxylic acids is 1. The molecule has 0 amide bonds. The zero-order valence-electron chi connectivity index (χ0n) is 18.5. The number of anilines is 3. The first kappa shape index (κ1) is 21.3. The first-order chi connectivity index (χ1) is 15.7. The molecule has 2 nitrogen and oxygen atoms in total. The van der Waals surface area contributed by atoms with E-state index in [4.69, 9.17) is 0 Å². The minimum atomic E-state index is 0.690. The van der Waals surface area contributed by atoms with Gasteiger partial charge in [-0.05, 0) is 59.9 Å². The number of benzene rings is 4. The van der Waals surface area contributed by atoms with Crippen molar-refractivity contribution < 1.29 is 4.79 Å². The number of aryl methyl sites for hydroxylation is 2. The third kappa shape index (κ3) is 4.70. The van der Waals surface area contributed by atoms with Crippen LogP contribution in [0.15, 0.2) is 97.1 Å². The first-order valence-electron chi connectivity index (χ1n) is 11.0. The molecule has 0 spiro atoms. The second-order valence-corrected chi connectivity index (χ2v) is 7.82. The summed E-state index contributed by atoms with van der Waals surface area (Å²) in [5.41, 5.74) is 9.00. The molecule has 0 atom stereocenters. The van der Waals surface area contributed by atoms with Crippen LogP contribution in [0.25, 0.3) is 12.2 Å². The Kier molecular flexibility index (Phi) is 6.62. The van der Waals surface area contributed by atoms with Crippen LogP contribution in [0.2, 0.25) is 0 Å². The molecule has 0 aliphatic carbocycles. The Bertz CT molecular complexity index is 1210. The Morgan fingerprint density at radius 1 is 0.656 bits per heavy atom. The zero-order valence-corrected chi connectivity index (χ0v) is 18.5. The van der Waals surface area contributed by atoms with Gasteiger partial charge in [-0.1, -0.05) is 91.9 Å². The fourth-order valence-electron chi connectivity index (χ4n) is 3.92. The van der Waals surface area contributed by atoms with E-state index >= 15 is 0 Å². The second-order valence-electron chi connectivity index (χ2n) is 7.82. The van der Waals surface area contributed by atoms with E-state index in [1.54, 1.807) is 0 Å². The van der Waals surface area contributed by atoms with Crippen LogP contribution in [-0.4, -0.2) is 6.29 Å². The van der Waals surface area contributed by atoms with Gasteiger partial charge in [-0.25, -0.2) is 0 Å². The Morgan fingerprint density at radius 2 is 1.22 bits per heavy atom. The van der Waals surface area contributed by atoms with Gasteiger partial charge in [0, 0.05) is 16.9 Å². The monoisotopic (exact) mass is 417 g/mol. The quantitative estimate of drug-likeness (QED) is 0.224. The standard InChI is InChI=1S/C30H27NO/c1-3-27-9-7-8-23(2)30(27)31(28-10-5-4-6-11-28)29-20-18-25(19-21-29)13-12-24-14-16-26(22-32)17-15-24/h4-22H,3H2,1-2H3. The molecule has 0 fully saturated rings. The van der Waals surface area contributed by atoms with Crippen LogP contribution >= 0.6 is 0 Å². The Labute approximate surface area is 190 Å². The molecule has 0 aliphatic heterocycles. The number of hydrogen-bond acceptors (Lipinski definition) is 2. The van der Waals surface area contributed by atoms with Gasteiger partial charge in [-0.2, -0.15) is 0 Å². The SMILES string of the molecule is CCc1cccc(C)c1N(c1ccccc1)c1ccc(C=Cc2ccc(C=O)cc2)cc1. The Hall–Kier alpha value is -3.91. The molecule has 0 aromatic heterocycles. The van der Waals surface area contributed by atoms with Gasteiger partial charge in [0.05, 0.1) is 5.69 Å². The molecule has 0 saturated heterocycles. The maximum atomic E-state index is 10.8. The summed E-state index contributed by atoms with van der Waals surface area (Å²) in [6.07, 6.45) is 6.00. The molecule has 0 heterocycles. The topological polar surface area (TPSA) is 20.3 Å². The highest BCUT2D eigenvalue weighted by molar-refractivity contribution is 5.81. The number of rotatable bonds is 7. The van der Waals surface area contributed by atoms with E-state index < -0.39 is 0 Å². The lowest BCUT2D eigenvalue weighted by Crippen LogP contribution is -2.13. The van der Waals surface area contributed by atoms with Crippen molar-refractivity contribution in [1.82, 2.24) is 0 Å². The molecular weight excluding hydrogens is 390 g/mol. The van der Waals surface area contributed by atoms with Crippen molar-refractivity contribution in [2.24, 2.45) is 0 Å². The van der Waals surface area contributed by atoms with Crippen molar-refractivity contribution in [3.05, 3.63) is 125 Å². The summed E-state index contributed by atoms with van der Waals surface area (Å²) in [6.45, 7) is 4.38. The summed E-state index contributed by atoms with van der Waals surface area (Å²) in [4.78, 5) is 13.2. The van der Waals surface area contributed by atoms with Crippen molar-refractivity contribution in [3.8, 4) is 0 Å². The number of para-hydroxylation sites is 2. The number of carbonyl (C=O) groups is 1. The lowest BCUT2D eigenvalue weighted by molar-refractivity contribution is 0.112. The summed E-state index contributed by atoms with van der Waals surface area (Å²) in [5.74, 6) is 0. The van der Waals surface area contributed by atoms with E-state index in [1.807, 2.05) is 24.3 Å². The van der Waals surface area contributed by atoms with Crippen LogP contribution in [0, 0.1) is 6.92 Å². The summed E-state index contributed by atoms with van der Waals surface area (Å²) >= 11 is 0. The van der Waals surface area contributed by atoms with E-state index in [2.05, 4.69) is 104 Å². The van der Waals surface area contributed by atoms with Gasteiger partial charge in [0.2, 0.25) is 0 Å².